The second kappa shape index (κ2) is 4.22. The van der Waals surface area contributed by atoms with Gasteiger partial charge < -0.3 is 0 Å². The highest BCUT2D eigenvalue weighted by molar-refractivity contribution is 6.42. The van der Waals surface area contributed by atoms with Crippen LogP contribution in [-0.4, -0.2) is 5.78 Å². The average molecular weight is 242 g/mol. The van der Waals surface area contributed by atoms with E-state index in [-0.39, 0.29) is 5.78 Å². The first-order valence-corrected chi connectivity index (χ1v) is 5.05. The van der Waals surface area contributed by atoms with Crippen molar-refractivity contribution >= 4 is 29.0 Å². The normalized spacial score (nSPS) is 10.9. The summed E-state index contributed by atoms with van der Waals surface area (Å²) in [5.41, 5.74) is -0.645. The highest BCUT2D eigenvalue weighted by atomic mass is 35.5. The van der Waals surface area contributed by atoms with Gasteiger partial charge in [-0.25, -0.2) is 0 Å². The lowest BCUT2D eigenvalue weighted by Gasteiger charge is -2.13. The number of carbonyl (C=O) groups is 1. The van der Waals surface area contributed by atoms with E-state index in [4.69, 9.17) is 28.5 Å². The largest absolute Gasteiger partial charge is 0.292 e. The Kier molecular flexibility index (Phi) is 3.38. The van der Waals surface area contributed by atoms with Gasteiger partial charge in [0, 0.05) is 5.56 Å². The van der Waals surface area contributed by atoms with Crippen LogP contribution in [0.15, 0.2) is 18.2 Å². The molecule has 0 unspecified atom stereocenters. The topological polar surface area (TPSA) is 40.9 Å². The van der Waals surface area contributed by atoms with E-state index in [1.807, 2.05) is 6.07 Å². The summed E-state index contributed by atoms with van der Waals surface area (Å²) in [5, 5.41) is 9.53. The molecule has 0 saturated carbocycles. The molecule has 0 bridgehead atoms. The van der Waals surface area contributed by atoms with Crippen molar-refractivity contribution in [3.63, 3.8) is 0 Å². The number of hydrogen-bond donors (Lipinski definition) is 0. The molecule has 0 aliphatic rings. The van der Waals surface area contributed by atoms with Crippen molar-refractivity contribution in [3.05, 3.63) is 33.8 Å². The summed E-state index contributed by atoms with van der Waals surface area (Å²) in [6.45, 7) is 3.13. The molecule has 15 heavy (non-hydrogen) atoms. The first kappa shape index (κ1) is 12.0. The lowest BCUT2D eigenvalue weighted by atomic mass is 9.86. The number of nitrogens with zero attached hydrogens (tertiary/aromatic N) is 1. The second-order valence-corrected chi connectivity index (χ2v) is 4.51. The number of Topliss-reactive ketones (excluding diaryl/α,β-unsaturated/α-hetero) is 1. The van der Waals surface area contributed by atoms with Crippen LogP contribution in [0.2, 0.25) is 10.0 Å². The molecule has 0 aliphatic heterocycles. The van der Waals surface area contributed by atoms with E-state index in [9.17, 15) is 4.79 Å². The number of halogens is 2. The van der Waals surface area contributed by atoms with Crippen LogP contribution in [0.1, 0.15) is 24.2 Å². The van der Waals surface area contributed by atoms with Crippen LogP contribution in [0.5, 0.6) is 0 Å². The Labute approximate surface area is 98.4 Å². The van der Waals surface area contributed by atoms with Gasteiger partial charge in [0.05, 0.1) is 16.1 Å². The highest BCUT2D eigenvalue weighted by Crippen LogP contribution is 2.27. The molecule has 0 aromatic heterocycles. The fraction of sp³-hybridized carbons (Fsp3) is 0.273. The molecule has 1 rings (SSSR count). The van der Waals surface area contributed by atoms with Gasteiger partial charge in [0.2, 0.25) is 0 Å². The molecule has 1 aromatic rings. The van der Waals surface area contributed by atoms with Crippen molar-refractivity contribution in [1.29, 1.82) is 5.26 Å². The molecule has 0 fully saturated rings. The summed E-state index contributed by atoms with van der Waals surface area (Å²) in [6.07, 6.45) is 0. The van der Waals surface area contributed by atoms with E-state index in [1.165, 1.54) is 6.07 Å². The van der Waals surface area contributed by atoms with Gasteiger partial charge >= 0.3 is 0 Å². The number of hydrogen-bond acceptors (Lipinski definition) is 2. The molecule has 2 nitrogen and oxygen atoms in total. The molecule has 0 amide bonds. The molecule has 0 spiro atoms. The fourth-order valence-electron chi connectivity index (χ4n) is 1.05. The number of rotatable bonds is 2. The Hall–Kier alpha value is -1.04. The van der Waals surface area contributed by atoms with E-state index >= 15 is 0 Å². The number of carbonyl (C=O) groups excluding carboxylic acids is 1. The molecular weight excluding hydrogens is 233 g/mol. The monoisotopic (exact) mass is 241 g/mol. The van der Waals surface area contributed by atoms with Crippen molar-refractivity contribution in [1.82, 2.24) is 0 Å². The maximum absolute atomic E-state index is 11.8. The van der Waals surface area contributed by atoms with Crippen molar-refractivity contribution in [2.75, 3.05) is 0 Å². The van der Waals surface area contributed by atoms with Crippen LogP contribution < -0.4 is 0 Å². The molecule has 0 N–H and O–H groups in total. The van der Waals surface area contributed by atoms with Crippen LogP contribution in [0.3, 0.4) is 0 Å². The number of ketones is 1. The number of benzene rings is 1. The molecule has 0 heterocycles. The first-order chi connectivity index (χ1) is 6.88. The van der Waals surface area contributed by atoms with Crippen LogP contribution in [0, 0.1) is 16.7 Å². The molecule has 0 saturated heterocycles. The standard InChI is InChI=1S/C11H9Cl2NO/c1-11(2,6-14)10(15)7-3-4-8(12)9(13)5-7/h3-5H,1-2H3. The lowest BCUT2D eigenvalue weighted by molar-refractivity contribution is 0.0892. The van der Waals surface area contributed by atoms with Crippen molar-refractivity contribution < 1.29 is 4.79 Å². The quantitative estimate of drug-likeness (QED) is 0.741. The second-order valence-electron chi connectivity index (χ2n) is 3.69. The van der Waals surface area contributed by atoms with E-state index in [1.54, 1.807) is 26.0 Å². The molecular formula is C11H9Cl2NO. The summed E-state index contributed by atoms with van der Waals surface area (Å²) in [7, 11) is 0. The average Bonchev–Trinajstić information content (AvgIpc) is 2.21. The minimum atomic E-state index is -1.04. The zero-order valence-corrected chi connectivity index (χ0v) is 9.86. The summed E-state index contributed by atoms with van der Waals surface area (Å²) < 4.78 is 0. The third-order valence-corrected chi connectivity index (χ3v) is 2.77. The Morgan fingerprint density at radius 1 is 1.33 bits per heavy atom. The zero-order valence-electron chi connectivity index (χ0n) is 8.34. The van der Waals surface area contributed by atoms with Gasteiger partial charge in [-0.15, -0.1) is 0 Å². The lowest BCUT2D eigenvalue weighted by Crippen LogP contribution is -2.22. The Morgan fingerprint density at radius 3 is 2.40 bits per heavy atom. The van der Waals surface area contributed by atoms with Crippen LogP contribution in [0.25, 0.3) is 0 Å². The smallest absolute Gasteiger partial charge is 0.182 e. The summed E-state index contributed by atoms with van der Waals surface area (Å²) in [4.78, 5) is 11.8. The predicted octanol–water partition coefficient (Wildman–Crippen LogP) is 3.73. The molecule has 78 valence electrons. The highest BCUT2D eigenvalue weighted by Gasteiger charge is 2.28. The molecule has 0 aliphatic carbocycles. The van der Waals surface area contributed by atoms with Crippen LogP contribution >= 0.6 is 23.2 Å². The third-order valence-electron chi connectivity index (χ3n) is 2.03. The Balaban J connectivity index is 3.15. The van der Waals surface area contributed by atoms with Gasteiger partial charge in [-0.1, -0.05) is 23.2 Å². The molecule has 0 radical (unpaired) electrons. The van der Waals surface area contributed by atoms with Gasteiger partial charge in [0.25, 0.3) is 0 Å². The van der Waals surface area contributed by atoms with E-state index in [2.05, 4.69) is 0 Å². The third kappa shape index (κ3) is 2.50. The van der Waals surface area contributed by atoms with E-state index in [0.717, 1.165) is 0 Å². The maximum atomic E-state index is 11.8. The SMILES string of the molecule is CC(C)(C#N)C(=O)c1ccc(Cl)c(Cl)c1. The minimum absolute atomic E-state index is 0.261. The van der Waals surface area contributed by atoms with Gasteiger partial charge in [-0.05, 0) is 32.0 Å². The summed E-state index contributed by atoms with van der Waals surface area (Å²) in [6, 6.07) is 6.54. The van der Waals surface area contributed by atoms with Gasteiger partial charge in [0.1, 0.15) is 5.41 Å². The van der Waals surface area contributed by atoms with E-state index in [0.29, 0.717) is 15.6 Å². The van der Waals surface area contributed by atoms with Crippen LogP contribution in [-0.2, 0) is 0 Å². The van der Waals surface area contributed by atoms with Crippen LogP contribution in [0.4, 0.5) is 0 Å². The van der Waals surface area contributed by atoms with Gasteiger partial charge in [-0.3, -0.25) is 4.79 Å². The van der Waals surface area contributed by atoms with Crippen molar-refractivity contribution in [2.45, 2.75) is 13.8 Å². The predicted molar refractivity (Wildman–Crippen MR) is 60.2 cm³/mol. The Bertz CT molecular complexity index is 446. The van der Waals surface area contributed by atoms with Gasteiger partial charge in [0.15, 0.2) is 5.78 Å². The van der Waals surface area contributed by atoms with Gasteiger partial charge in [-0.2, -0.15) is 5.26 Å². The maximum Gasteiger partial charge on any atom is 0.182 e. The summed E-state index contributed by atoms with van der Waals surface area (Å²) in [5.74, 6) is -0.261. The molecule has 1 aromatic carbocycles. The minimum Gasteiger partial charge on any atom is -0.292 e. The van der Waals surface area contributed by atoms with Crippen molar-refractivity contribution in [2.24, 2.45) is 5.41 Å². The van der Waals surface area contributed by atoms with Crippen molar-refractivity contribution in [3.8, 4) is 6.07 Å². The summed E-state index contributed by atoms with van der Waals surface area (Å²) >= 11 is 11.5. The van der Waals surface area contributed by atoms with E-state index < -0.39 is 5.41 Å². The number of nitriles is 1. The fourth-order valence-corrected chi connectivity index (χ4v) is 1.35. The first-order valence-electron chi connectivity index (χ1n) is 4.29. The molecule has 4 heteroatoms. The molecule has 0 atom stereocenters. The Morgan fingerprint density at radius 2 is 1.93 bits per heavy atom. The zero-order chi connectivity index (χ0) is 11.6.